The Morgan fingerprint density at radius 2 is 1.81 bits per heavy atom. The molecule has 0 aliphatic rings. The predicted molar refractivity (Wildman–Crippen MR) is 53.0 cm³/mol. The Balaban J connectivity index is 3.07. The van der Waals surface area contributed by atoms with E-state index in [1.165, 1.54) is 0 Å². The summed E-state index contributed by atoms with van der Waals surface area (Å²) in [4.78, 5) is 0. The molecule has 1 rings (SSSR count). The number of phenolic OH excluding ortho intramolecular Hbond substituents is 2. The fraction of sp³-hybridized carbons (Fsp3) is 0.250. The number of hydrogen-bond donors (Lipinski definition) is 2. The second kappa shape index (κ2) is 4.42. The molecule has 90 valence electrons. The second-order valence-electron chi connectivity index (χ2n) is 3.02. The largest absolute Gasteiger partial charge is 0.505 e. The Bertz CT molecular complexity index is 515. The van der Waals surface area contributed by atoms with Gasteiger partial charge in [-0.3, -0.25) is 0 Å². The minimum atomic E-state index is -3.82. The third-order valence-corrected chi connectivity index (χ3v) is 3.02. The van der Waals surface area contributed by atoms with E-state index in [2.05, 4.69) is 0 Å². The third-order valence-electron chi connectivity index (χ3n) is 1.86. The molecule has 0 radical (unpaired) electrons. The van der Waals surface area contributed by atoms with Crippen LogP contribution in [0.3, 0.4) is 0 Å². The van der Waals surface area contributed by atoms with E-state index in [0.29, 0.717) is 6.07 Å². The van der Waals surface area contributed by atoms with Crippen molar-refractivity contribution in [2.45, 2.75) is 6.42 Å². The van der Waals surface area contributed by atoms with Gasteiger partial charge in [0.1, 0.15) is 0 Å². The molecule has 0 saturated heterocycles. The molecule has 0 spiro atoms. The Labute approximate surface area is 94.5 Å². The van der Waals surface area contributed by atoms with Gasteiger partial charge in [0, 0.05) is 16.2 Å². The molecule has 0 unspecified atom stereocenters. The van der Waals surface area contributed by atoms with Gasteiger partial charge < -0.3 is 10.2 Å². The fourth-order valence-electron chi connectivity index (χ4n) is 1.07. The summed E-state index contributed by atoms with van der Waals surface area (Å²) in [5, 5.41) is 17.9. The number of aromatic hydroxyl groups is 2. The monoisotopic (exact) mass is 272 g/mol. The quantitative estimate of drug-likeness (QED) is 0.818. The van der Waals surface area contributed by atoms with Gasteiger partial charge in [-0.2, -0.15) is 4.39 Å². The predicted octanol–water partition coefficient (Wildman–Crippen LogP) is 1.49. The molecule has 0 atom stereocenters. The molecule has 0 fully saturated rings. The van der Waals surface area contributed by atoms with Gasteiger partial charge in [0.15, 0.2) is 17.3 Å². The molecule has 16 heavy (non-hydrogen) atoms. The summed E-state index contributed by atoms with van der Waals surface area (Å²) >= 11 is 0. The van der Waals surface area contributed by atoms with Gasteiger partial charge in [-0.05, 0) is 12.5 Å². The zero-order valence-corrected chi connectivity index (χ0v) is 9.32. The smallest absolute Gasteiger partial charge is 0.232 e. The van der Waals surface area contributed by atoms with E-state index in [-0.39, 0.29) is 12.0 Å². The highest BCUT2D eigenvalue weighted by atomic mass is 35.7. The van der Waals surface area contributed by atoms with Crippen LogP contribution in [-0.4, -0.2) is 24.4 Å². The standard InChI is InChI=1S/C8H7ClF2O4S/c9-16(14,15)2-1-4-3-5(10)8(13)6(11)7(4)12/h3,12-13H,1-2H2. The number of halogens is 3. The Morgan fingerprint density at radius 3 is 2.31 bits per heavy atom. The van der Waals surface area contributed by atoms with Gasteiger partial charge in [0.05, 0.1) is 5.75 Å². The maximum atomic E-state index is 12.9. The molecule has 0 saturated carbocycles. The van der Waals surface area contributed by atoms with Crippen molar-refractivity contribution in [3.05, 3.63) is 23.3 Å². The van der Waals surface area contributed by atoms with Crippen LogP contribution < -0.4 is 0 Å². The first-order valence-electron chi connectivity index (χ1n) is 4.03. The zero-order chi connectivity index (χ0) is 12.5. The Morgan fingerprint density at radius 1 is 1.25 bits per heavy atom. The van der Waals surface area contributed by atoms with Gasteiger partial charge >= 0.3 is 0 Å². The lowest BCUT2D eigenvalue weighted by Gasteiger charge is -2.06. The van der Waals surface area contributed by atoms with Crippen LogP contribution in [0.2, 0.25) is 0 Å². The molecule has 0 heterocycles. The highest BCUT2D eigenvalue weighted by Crippen LogP contribution is 2.31. The van der Waals surface area contributed by atoms with Crippen molar-refractivity contribution >= 4 is 19.7 Å². The molecule has 0 amide bonds. The van der Waals surface area contributed by atoms with Gasteiger partial charge in [-0.1, -0.05) is 0 Å². The fourth-order valence-corrected chi connectivity index (χ4v) is 1.77. The molecule has 4 nitrogen and oxygen atoms in total. The second-order valence-corrected chi connectivity index (χ2v) is 5.92. The van der Waals surface area contributed by atoms with Crippen molar-refractivity contribution in [3.8, 4) is 11.5 Å². The molecule has 0 bridgehead atoms. The van der Waals surface area contributed by atoms with Crippen LogP contribution in [0.25, 0.3) is 0 Å². The molecule has 0 aliphatic carbocycles. The molecule has 0 aliphatic heterocycles. The summed E-state index contributed by atoms with van der Waals surface area (Å²) in [5.74, 6) is -5.68. The number of phenols is 2. The minimum absolute atomic E-state index is 0.281. The van der Waals surface area contributed by atoms with Crippen LogP contribution in [0.15, 0.2) is 6.07 Å². The number of hydrogen-bond acceptors (Lipinski definition) is 4. The van der Waals surface area contributed by atoms with E-state index in [1.54, 1.807) is 0 Å². The first-order chi connectivity index (χ1) is 7.22. The molecule has 1 aromatic carbocycles. The van der Waals surface area contributed by atoms with E-state index >= 15 is 0 Å². The highest BCUT2D eigenvalue weighted by Gasteiger charge is 2.18. The van der Waals surface area contributed by atoms with Crippen LogP contribution in [0, 0.1) is 11.6 Å². The van der Waals surface area contributed by atoms with Crippen LogP contribution >= 0.6 is 10.7 Å². The van der Waals surface area contributed by atoms with Crippen molar-refractivity contribution in [1.29, 1.82) is 0 Å². The van der Waals surface area contributed by atoms with Gasteiger partial charge in [0.2, 0.25) is 14.9 Å². The molecular formula is C8H7ClF2O4S. The lowest BCUT2D eigenvalue weighted by atomic mass is 10.1. The molecule has 8 heteroatoms. The first kappa shape index (κ1) is 13.0. The van der Waals surface area contributed by atoms with Gasteiger partial charge in [-0.15, -0.1) is 0 Å². The third kappa shape index (κ3) is 2.96. The van der Waals surface area contributed by atoms with Crippen LogP contribution in [0.1, 0.15) is 5.56 Å². The van der Waals surface area contributed by atoms with Crippen LogP contribution in [0.5, 0.6) is 11.5 Å². The molecule has 2 N–H and O–H groups in total. The Kier molecular flexibility index (Phi) is 3.59. The molecular weight excluding hydrogens is 266 g/mol. The normalized spacial score (nSPS) is 11.7. The number of aryl methyl sites for hydroxylation is 1. The number of rotatable bonds is 3. The summed E-state index contributed by atoms with van der Waals surface area (Å²) in [7, 11) is 1.08. The first-order valence-corrected chi connectivity index (χ1v) is 6.51. The summed E-state index contributed by atoms with van der Waals surface area (Å²) in [6, 6.07) is 0.649. The lowest BCUT2D eigenvalue weighted by Crippen LogP contribution is -2.02. The van der Waals surface area contributed by atoms with Crippen LogP contribution in [0.4, 0.5) is 8.78 Å². The topological polar surface area (TPSA) is 74.6 Å². The lowest BCUT2D eigenvalue weighted by molar-refractivity contribution is 0.363. The zero-order valence-electron chi connectivity index (χ0n) is 7.74. The Hall–Kier alpha value is -1.08. The highest BCUT2D eigenvalue weighted by molar-refractivity contribution is 8.13. The molecule has 1 aromatic rings. The van der Waals surface area contributed by atoms with E-state index < -0.39 is 37.9 Å². The summed E-state index contributed by atoms with van der Waals surface area (Å²) in [5.41, 5.74) is -0.281. The maximum Gasteiger partial charge on any atom is 0.232 e. The van der Waals surface area contributed by atoms with E-state index in [9.17, 15) is 17.2 Å². The van der Waals surface area contributed by atoms with Crippen molar-refractivity contribution in [2.24, 2.45) is 0 Å². The SMILES string of the molecule is O=S(=O)(Cl)CCc1cc(F)c(O)c(F)c1O. The van der Waals surface area contributed by atoms with Crippen molar-refractivity contribution in [1.82, 2.24) is 0 Å². The average molecular weight is 273 g/mol. The van der Waals surface area contributed by atoms with E-state index in [0.717, 1.165) is 0 Å². The van der Waals surface area contributed by atoms with Crippen molar-refractivity contribution < 1.29 is 27.4 Å². The molecule has 0 aromatic heterocycles. The summed E-state index contributed by atoms with van der Waals surface area (Å²) < 4.78 is 47.0. The summed E-state index contributed by atoms with van der Waals surface area (Å²) in [6.07, 6.45) is -0.355. The van der Waals surface area contributed by atoms with E-state index in [4.69, 9.17) is 20.9 Å². The van der Waals surface area contributed by atoms with Crippen molar-refractivity contribution in [2.75, 3.05) is 5.75 Å². The average Bonchev–Trinajstić information content (AvgIpc) is 2.17. The van der Waals surface area contributed by atoms with Gasteiger partial charge in [0.25, 0.3) is 0 Å². The van der Waals surface area contributed by atoms with E-state index in [1.807, 2.05) is 0 Å². The maximum absolute atomic E-state index is 12.9. The minimum Gasteiger partial charge on any atom is -0.505 e. The summed E-state index contributed by atoms with van der Waals surface area (Å²) in [6.45, 7) is 0. The van der Waals surface area contributed by atoms with Gasteiger partial charge in [-0.25, -0.2) is 12.8 Å². The number of benzene rings is 1. The van der Waals surface area contributed by atoms with Crippen molar-refractivity contribution in [3.63, 3.8) is 0 Å². The van der Waals surface area contributed by atoms with Crippen LogP contribution in [-0.2, 0) is 15.5 Å².